The highest BCUT2D eigenvalue weighted by Crippen LogP contribution is 2.23. The number of phenolic OH excluding ortho intramolecular Hbond substituents is 1. The summed E-state index contributed by atoms with van der Waals surface area (Å²) in [6.45, 7) is 2.47. The minimum Gasteiger partial charge on any atom is -0.508 e. The molecule has 1 aliphatic heterocycles. The van der Waals surface area contributed by atoms with E-state index in [9.17, 15) is 5.11 Å². The van der Waals surface area contributed by atoms with Crippen LogP contribution in [-0.4, -0.2) is 23.8 Å². The van der Waals surface area contributed by atoms with Crippen LogP contribution in [0.5, 0.6) is 5.75 Å². The smallest absolute Gasteiger partial charge is 0.282 e. The molecule has 120 valence electrons. The van der Waals surface area contributed by atoms with Gasteiger partial charge in [-0.2, -0.15) is 0 Å². The van der Waals surface area contributed by atoms with Crippen LogP contribution in [0.2, 0.25) is 0 Å². The Bertz CT molecular complexity index is 711. The Hall–Kier alpha value is -2.69. The Balaban J connectivity index is 1.57. The molecule has 0 aliphatic carbocycles. The normalized spacial score (nSPS) is 16.7. The lowest BCUT2D eigenvalue weighted by Gasteiger charge is -2.10. The first-order valence-electron chi connectivity index (χ1n) is 7.72. The number of ether oxygens (including phenoxy) is 1. The summed E-state index contributed by atoms with van der Waals surface area (Å²) in [4.78, 5) is 4.23. The Kier molecular flexibility index (Phi) is 4.37. The molecule has 2 aromatic rings. The Morgan fingerprint density at radius 3 is 2.61 bits per heavy atom. The number of aryl methyl sites for hydroxylation is 2. The number of benzene rings is 2. The Morgan fingerprint density at radius 2 is 1.96 bits per heavy atom. The van der Waals surface area contributed by atoms with Gasteiger partial charge in [-0.1, -0.05) is 12.1 Å². The summed E-state index contributed by atoms with van der Waals surface area (Å²) in [5, 5.41) is 12.9. The zero-order chi connectivity index (χ0) is 16.2. The summed E-state index contributed by atoms with van der Waals surface area (Å²) in [7, 11) is 0. The molecule has 2 aromatic carbocycles. The maximum absolute atomic E-state index is 9.56. The van der Waals surface area contributed by atoms with Crippen LogP contribution in [0.4, 0.5) is 11.4 Å². The van der Waals surface area contributed by atoms with Gasteiger partial charge in [0.1, 0.15) is 12.4 Å². The fourth-order valence-electron chi connectivity index (χ4n) is 2.57. The van der Waals surface area contributed by atoms with Gasteiger partial charge in [0.05, 0.1) is 6.04 Å². The largest absolute Gasteiger partial charge is 0.508 e. The number of hydrogen-bond donors (Lipinski definition) is 3. The lowest BCUT2D eigenvalue weighted by molar-refractivity contribution is 0.308. The molecule has 1 heterocycles. The van der Waals surface area contributed by atoms with E-state index < -0.39 is 0 Å². The average molecular weight is 311 g/mol. The maximum Gasteiger partial charge on any atom is 0.282 e. The maximum atomic E-state index is 9.56. The standard InChI is InChI=1S/C18H21N3O2/c1-12-10-15(8-9-17(12)22)20-14-5-2-13(3-6-14)4-7-16-11-23-18(19)21-16/h2-3,5-6,8-10,16,20,22H,4,7,11H2,1H3,(H2,19,21)/t16-/m0/s1. The first kappa shape index (κ1) is 15.2. The molecule has 0 unspecified atom stereocenters. The average Bonchev–Trinajstić information content (AvgIpc) is 2.96. The third-order valence-electron chi connectivity index (χ3n) is 3.94. The third-order valence-corrected chi connectivity index (χ3v) is 3.94. The molecule has 0 fully saturated rings. The number of amidine groups is 1. The van der Waals surface area contributed by atoms with Crippen molar-refractivity contribution in [2.75, 3.05) is 11.9 Å². The van der Waals surface area contributed by atoms with E-state index in [0.29, 0.717) is 18.4 Å². The zero-order valence-electron chi connectivity index (χ0n) is 13.1. The summed E-state index contributed by atoms with van der Waals surface area (Å²) in [6, 6.07) is 14.3. The molecule has 1 aliphatic rings. The Morgan fingerprint density at radius 1 is 1.22 bits per heavy atom. The van der Waals surface area contributed by atoms with Crippen LogP contribution in [0.1, 0.15) is 17.5 Å². The molecule has 0 aromatic heterocycles. The molecule has 0 saturated carbocycles. The van der Waals surface area contributed by atoms with Crippen LogP contribution in [0, 0.1) is 6.92 Å². The first-order chi connectivity index (χ1) is 11.1. The summed E-state index contributed by atoms with van der Waals surface area (Å²) in [5.74, 6) is 0.310. The third kappa shape index (κ3) is 3.94. The van der Waals surface area contributed by atoms with Crippen molar-refractivity contribution in [3.63, 3.8) is 0 Å². The highest BCUT2D eigenvalue weighted by atomic mass is 16.5. The van der Waals surface area contributed by atoms with Crippen LogP contribution in [0.25, 0.3) is 0 Å². The number of nitrogens with two attached hydrogens (primary N) is 1. The van der Waals surface area contributed by atoms with E-state index in [1.165, 1.54) is 5.56 Å². The molecule has 4 N–H and O–H groups in total. The monoisotopic (exact) mass is 311 g/mol. The van der Waals surface area contributed by atoms with Gasteiger partial charge in [0.2, 0.25) is 0 Å². The fourth-order valence-corrected chi connectivity index (χ4v) is 2.57. The van der Waals surface area contributed by atoms with Crippen LogP contribution < -0.4 is 11.1 Å². The number of anilines is 2. The Labute approximate surface area is 135 Å². The molecule has 23 heavy (non-hydrogen) atoms. The highest BCUT2D eigenvalue weighted by molar-refractivity contribution is 5.73. The number of rotatable bonds is 5. The van der Waals surface area contributed by atoms with Gasteiger partial charge in [0.15, 0.2) is 0 Å². The number of hydrogen-bond acceptors (Lipinski definition) is 5. The molecule has 0 bridgehead atoms. The molecule has 0 spiro atoms. The predicted molar refractivity (Wildman–Crippen MR) is 92.3 cm³/mol. The van der Waals surface area contributed by atoms with Gasteiger partial charge in [-0.05, 0) is 61.2 Å². The summed E-state index contributed by atoms with van der Waals surface area (Å²) < 4.78 is 5.16. The van der Waals surface area contributed by atoms with Crippen molar-refractivity contribution in [3.05, 3.63) is 53.6 Å². The molecule has 0 saturated heterocycles. The summed E-state index contributed by atoms with van der Waals surface area (Å²) in [6.07, 6.45) is 1.88. The van der Waals surface area contributed by atoms with Crippen LogP contribution in [0.3, 0.4) is 0 Å². The zero-order valence-corrected chi connectivity index (χ0v) is 13.1. The van der Waals surface area contributed by atoms with Crippen molar-refractivity contribution >= 4 is 17.4 Å². The summed E-state index contributed by atoms with van der Waals surface area (Å²) in [5.41, 5.74) is 9.60. The number of nitrogens with one attached hydrogen (secondary N) is 1. The number of phenols is 1. The van der Waals surface area contributed by atoms with Gasteiger partial charge in [0, 0.05) is 11.4 Å². The summed E-state index contributed by atoms with van der Waals surface area (Å²) >= 11 is 0. The second-order valence-corrected chi connectivity index (χ2v) is 5.79. The minimum atomic E-state index is 0.174. The molecular weight excluding hydrogens is 290 g/mol. The lowest BCUT2D eigenvalue weighted by Crippen LogP contribution is -2.10. The highest BCUT2D eigenvalue weighted by Gasteiger charge is 2.16. The molecule has 0 amide bonds. The van der Waals surface area contributed by atoms with Crippen molar-refractivity contribution in [3.8, 4) is 5.75 Å². The molecule has 0 radical (unpaired) electrons. The van der Waals surface area contributed by atoms with Gasteiger partial charge < -0.3 is 20.9 Å². The van der Waals surface area contributed by atoms with Crippen molar-refractivity contribution < 1.29 is 9.84 Å². The van der Waals surface area contributed by atoms with Crippen LogP contribution in [0.15, 0.2) is 47.5 Å². The lowest BCUT2D eigenvalue weighted by atomic mass is 10.1. The van der Waals surface area contributed by atoms with Gasteiger partial charge in [-0.25, -0.2) is 4.99 Å². The van der Waals surface area contributed by atoms with E-state index in [-0.39, 0.29) is 6.04 Å². The SMILES string of the molecule is Cc1cc(Nc2ccc(CC[C@H]3COC(N)=N3)cc2)ccc1O. The minimum absolute atomic E-state index is 0.174. The van der Waals surface area contributed by atoms with Crippen molar-refractivity contribution in [2.24, 2.45) is 10.7 Å². The van der Waals surface area contributed by atoms with Crippen LogP contribution in [-0.2, 0) is 11.2 Å². The van der Waals surface area contributed by atoms with Gasteiger partial charge in [-0.15, -0.1) is 0 Å². The second kappa shape index (κ2) is 6.60. The van der Waals surface area contributed by atoms with Gasteiger partial charge in [-0.3, -0.25) is 0 Å². The van der Waals surface area contributed by atoms with E-state index in [1.807, 2.05) is 19.1 Å². The number of aliphatic imine (C=N–C) groups is 1. The van der Waals surface area contributed by atoms with Gasteiger partial charge >= 0.3 is 0 Å². The van der Waals surface area contributed by atoms with Crippen molar-refractivity contribution in [1.82, 2.24) is 0 Å². The fraction of sp³-hybridized carbons (Fsp3) is 0.278. The molecule has 5 nitrogen and oxygen atoms in total. The van der Waals surface area contributed by atoms with E-state index in [2.05, 4.69) is 34.6 Å². The topological polar surface area (TPSA) is 79.9 Å². The second-order valence-electron chi connectivity index (χ2n) is 5.79. The molecule has 5 heteroatoms. The van der Waals surface area contributed by atoms with Crippen molar-refractivity contribution in [2.45, 2.75) is 25.8 Å². The quantitative estimate of drug-likeness (QED) is 0.741. The van der Waals surface area contributed by atoms with Gasteiger partial charge in [0.25, 0.3) is 6.02 Å². The molecular formula is C18H21N3O2. The number of nitrogens with zero attached hydrogens (tertiary/aromatic N) is 1. The van der Waals surface area contributed by atoms with E-state index >= 15 is 0 Å². The van der Waals surface area contributed by atoms with Crippen LogP contribution >= 0.6 is 0 Å². The predicted octanol–water partition coefficient (Wildman–Crippen LogP) is 3.09. The van der Waals surface area contributed by atoms with E-state index in [0.717, 1.165) is 29.8 Å². The first-order valence-corrected chi connectivity index (χ1v) is 7.72. The van der Waals surface area contributed by atoms with Crippen molar-refractivity contribution in [1.29, 1.82) is 0 Å². The molecule has 1 atom stereocenters. The van der Waals surface area contributed by atoms with E-state index in [4.69, 9.17) is 10.5 Å². The molecule has 3 rings (SSSR count). The number of aromatic hydroxyl groups is 1. The van der Waals surface area contributed by atoms with E-state index in [1.54, 1.807) is 6.07 Å².